The molecule has 1 amide bonds. The summed E-state index contributed by atoms with van der Waals surface area (Å²) in [6, 6.07) is 14.0. The van der Waals surface area contributed by atoms with Gasteiger partial charge in [-0.25, -0.2) is 8.42 Å². The topological polar surface area (TPSA) is 79.0 Å². The van der Waals surface area contributed by atoms with E-state index in [-0.39, 0.29) is 5.91 Å². The number of carbonyl (C=O) groups excluding carboxylic acids is 1. The monoisotopic (exact) mass is 459 g/mol. The van der Waals surface area contributed by atoms with Crippen molar-refractivity contribution in [3.8, 4) is 5.75 Å². The number of benzene rings is 2. The predicted molar refractivity (Wildman–Crippen MR) is 129 cm³/mol. The first-order chi connectivity index (χ1) is 15.3. The molecule has 8 heteroatoms. The number of sulfonamides is 1. The van der Waals surface area contributed by atoms with Crippen molar-refractivity contribution in [3.63, 3.8) is 0 Å². The van der Waals surface area contributed by atoms with E-state index in [1.54, 1.807) is 31.2 Å². The Morgan fingerprint density at radius 2 is 1.69 bits per heavy atom. The molecule has 0 radical (unpaired) electrons. The van der Waals surface area contributed by atoms with Crippen LogP contribution in [0.15, 0.2) is 48.5 Å². The Labute approximate surface area is 191 Å². The molecule has 32 heavy (non-hydrogen) atoms. The molecule has 0 aliphatic carbocycles. The number of ether oxygens (including phenoxy) is 1. The second-order valence-electron chi connectivity index (χ2n) is 8.09. The Balaban J connectivity index is 1.64. The van der Waals surface area contributed by atoms with E-state index in [9.17, 15) is 13.2 Å². The van der Waals surface area contributed by atoms with Crippen molar-refractivity contribution in [2.24, 2.45) is 0 Å². The average molecular weight is 460 g/mol. The van der Waals surface area contributed by atoms with E-state index in [2.05, 4.69) is 22.3 Å². The molecule has 7 nitrogen and oxygen atoms in total. The van der Waals surface area contributed by atoms with Crippen molar-refractivity contribution in [1.82, 2.24) is 5.32 Å². The van der Waals surface area contributed by atoms with Gasteiger partial charge in [-0.05, 0) is 75.1 Å². The summed E-state index contributed by atoms with van der Waals surface area (Å²) in [6.07, 6.45) is 4.84. The molecule has 174 valence electrons. The van der Waals surface area contributed by atoms with Gasteiger partial charge in [-0.1, -0.05) is 12.1 Å². The van der Waals surface area contributed by atoms with E-state index in [1.807, 2.05) is 19.1 Å². The van der Waals surface area contributed by atoms with Crippen molar-refractivity contribution < 1.29 is 17.9 Å². The molecular formula is C24H33N3O4S. The highest BCUT2D eigenvalue weighted by atomic mass is 32.2. The lowest BCUT2D eigenvalue weighted by Crippen LogP contribution is -2.47. The van der Waals surface area contributed by atoms with Gasteiger partial charge < -0.3 is 15.0 Å². The van der Waals surface area contributed by atoms with Crippen LogP contribution in [-0.2, 0) is 21.4 Å². The molecule has 1 aliphatic rings. The minimum absolute atomic E-state index is 0.338. The highest BCUT2D eigenvalue weighted by Gasteiger charge is 2.29. The number of rotatable bonds is 9. The predicted octanol–water partition coefficient (Wildman–Crippen LogP) is 3.55. The van der Waals surface area contributed by atoms with Crippen molar-refractivity contribution in [2.75, 3.05) is 35.2 Å². The largest absolute Gasteiger partial charge is 0.494 e. The second-order valence-corrected chi connectivity index (χ2v) is 9.95. The normalized spacial score (nSPS) is 15.2. The molecule has 1 saturated heterocycles. The molecule has 0 saturated carbocycles. The van der Waals surface area contributed by atoms with Crippen LogP contribution in [0.1, 0.15) is 38.7 Å². The maximum Gasteiger partial charge on any atom is 0.243 e. The third kappa shape index (κ3) is 6.16. The molecule has 2 aromatic carbocycles. The van der Waals surface area contributed by atoms with E-state index in [0.29, 0.717) is 24.6 Å². The second kappa shape index (κ2) is 10.7. The Kier molecular flexibility index (Phi) is 8.01. The maximum atomic E-state index is 12.8. The van der Waals surface area contributed by atoms with Gasteiger partial charge in [-0.3, -0.25) is 9.10 Å². The van der Waals surface area contributed by atoms with Crippen LogP contribution in [0.5, 0.6) is 5.75 Å². The summed E-state index contributed by atoms with van der Waals surface area (Å²) >= 11 is 0. The van der Waals surface area contributed by atoms with Crippen LogP contribution in [0.2, 0.25) is 0 Å². The van der Waals surface area contributed by atoms with Gasteiger partial charge in [-0.15, -0.1) is 0 Å². The van der Waals surface area contributed by atoms with Crippen molar-refractivity contribution in [3.05, 3.63) is 54.1 Å². The van der Waals surface area contributed by atoms with Gasteiger partial charge in [0.2, 0.25) is 15.9 Å². The van der Waals surface area contributed by atoms with Gasteiger partial charge in [0, 0.05) is 25.3 Å². The summed E-state index contributed by atoms with van der Waals surface area (Å²) in [5.74, 6) is 0.291. The first-order valence-electron chi connectivity index (χ1n) is 11.1. The van der Waals surface area contributed by atoms with Crippen LogP contribution in [-0.4, -0.2) is 46.3 Å². The summed E-state index contributed by atoms with van der Waals surface area (Å²) < 4.78 is 31.5. The zero-order valence-electron chi connectivity index (χ0n) is 19.1. The molecular weight excluding hydrogens is 426 g/mol. The molecule has 1 fully saturated rings. The van der Waals surface area contributed by atoms with Gasteiger partial charge >= 0.3 is 0 Å². The van der Waals surface area contributed by atoms with E-state index >= 15 is 0 Å². The van der Waals surface area contributed by atoms with Gasteiger partial charge in [0.15, 0.2) is 0 Å². The van der Waals surface area contributed by atoms with E-state index < -0.39 is 16.1 Å². The highest BCUT2D eigenvalue weighted by Crippen LogP contribution is 2.24. The van der Waals surface area contributed by atoms with Gasteiger partial charge in [0.1, 0.15) is 11.8 Å². The van der Waals surface area contributed by atoms with Gasteiger partial charge in [-0.2, -0.15) is 0 Å². The molecule has 0 aromatic heterocycles. The van der Waals surface area contributed by atoms with E-state index in [1.165, 1.54) is 24.9 Å². The lowest BCUT2D eigenvalue weighted by molar-refractivity contribution is -0.122. The number of hydrogen-bond acceptors (Lipinski definition) is 5. The minimum Gasteiger partial charge on any atom is -0.494 e. The Morgan fingerprint density at radius 1 is 1.06 bits per heavy atom. The number of anilines is 2. The number of amides is 1. The van der Waals surface area contributed by atoms with Crippen LogP contribution in [0.3, 0.4) is 0 Å². The SMILES string of the molecule is CCOc1ccc(N([C@H](C)C(=O)NCc2ccc(N3CCCCC3)cc2)S(C)(=O)=O)cc1. The molecule has 0 spiro atoms. The maximum absolute atomic E-state index is 12.8. The van der Waals surface area contributed by atoms with E-state index in [4.69, 9.17) is 4.74 Å². The van der Waals surface area contributed by atoms with Crippen molar-refractivity contribution >= 4 is 27.3 Å². The lowest BCUT2D eigenvalue weighted by atomic mass is 10.1. The Bertz CT molecular complexity index is 985. The first kappa shape index (κ1) is 23.9. The summed E-state index contributed by atoms with van der Waals surface area (Å²) in [5, 5.41) is 2.87. The summed E-state index contributed by atoms with van der Waals surface area (Å²) in [5.41, 5.74) is 2.59. The smallest absolute Gasteiger partial charge is 0.243 e. The molecule has 3 rings (SSSR count). The Hall–Kier alpha value is -2.74. The minimum atomic E-state index is -3.66. The summed E-state index contributed by atoms with van der Waals surface area (Å²) in [7, 11) is -3.66. The molecule has 1 atom stereocenters. The fourth-order valence-electron chi connectivity index (χ4n) is 3.98. The molecule has 2 aromatic rings. The molecule has 1 heterocycles. The number of piperidine rings is 1. The third-order valence-corrected chi connectivity index (χ3v) is 6.86. The highest BCUT2D eigenvalue weighted by molar-refractivity contribution is 7.92. The number of nitrogens with one attached hydrogen (secondary N) is 1. The number of nitrogens with zero attached hydrogens (tertiary/aromatic N) is 2. The molecule has 0 bridgehead atoms. The molecule has 1 N–H and O–H groups in total. The van der Waals surface area contributed by atoms with Crippen LogP contribution in [0.25, 0.3) is 0 Å². The summed E-state index contributed by atoms with van der Waals surface area (Å²) in [4.78, 5) is 15.2. The number of hydrogen-bond donors (Lipinski definition) is 1. The quantitative estimate of drug-likeness (QED) is 0.620. The van der Waals surface area contributed by atoms with Crippen LogP contribution >= 0.6 is 0 Å². The van der Waals surface area contributed by atoms with E-state index in [0.717, 1.165) is 29.2 Å². The third-order valence-electron chi connectivity index (χ3n) is 5.62. The average Bonchev–Trinajstić information content (AvgIpc) is 2.79. The summed E-state index contributed by atoms with van der Waals surface area (Å²) in [6.45, 7) is 6.49. The fourth-order valence-corrected chi connectivity index (χ4v) is 5.15. The zero-order valence-corrected chi connectivity index (χ0v) is 19.9. The van der Waals surface area contributed by atoms with Crippen molar-refractivity contribution in [2.45, 2.75) is 45.7 Å². The Morgan fingerprint density at radius 3 is 2.25 bits per heavy atom. The van der Waals surface area contributed by atoms with Crippen molar-refractivity contribution in [1.29, 1.82) is 0 Å². The lowest BCUT2D eigenvalue weighted by Gasteiger charge is -2.29. The first-order valence-corrected chi connectivity index (χ1v) is 13.0. The van der Waals surface area contributed by atoms with Crippen LogP contribution < -0.4 is 19.3 Å². The fraction of sp³-hybridized carbons (Fsp3) is 0.458. The standard InChI is InChI=1S/C24H33N3O4S/c1-4-31-23-14-12-22(13-15-23)27(32(3,29)30)19(2)24(28)25-18-20-8-10-21(11-9-20)26-16-6-5-7-17-26/h8-15,19H,4-7,16-18H2,1-3H3,(H,25,28)/t19-/m1/s1. The zero-order chi connectivity index (χ0) is 23.1. The van der Waals surface area contributed by atoms with Gasteiger partial charge in [0.25, 0.3) is 0 Å². The van der Waals surface area contributed by atoms with Crippen LogP contribution in [0.4, 0.5) is 11.4 Å². The van der Waals surface area contributed by atoms with Crippen LogP contribution in [0, 0.1) is 0 Å². The number of carbonyl (C=O) groups is 1. The van der Waals surface area contributed by atoms with Gasteiger partial charge in [0.05, 0.1) is 18.6 Å². The molecule has 1 aliphatic heterocycles. The molecule has 0 unspecified atom stereocenters.